The fourth-order valence-corrected chi connectivity index (χ4v) is 4.22. The second-order valence-corrected chi connectivity index (χ2v) is 7.40. The maximum absolute atomic E-state index is 12.4. The van der Waals surface area contributed by atoms with Gasteiger partial charge >= 0.3 is 5.97 Å². The van der Waals surface area contributed by atoms with Crippen LogP contribution in [0.25, 0.3) is 0 Å². The van der Waals surface area contributed by atoms with Gasteiger partial charge in [-0.15, -0.1) is 0 Å². The van der Waals surface area contributed by atoms with Crippen LogP contribution < -0.4 is 0 Å². The third-order valence-electron chi connectivity index (χ3n) is 5.35. The van der Waals surface area contributed by atoms with Crippen molar-refractivity contribution >= 4 is 5.97 Å². The number of carbonyl (C=O) groups excluding carboxylic acids is 1. The van der Waals surface area contributed by atoms with E-state index in [0.29, 0.717) is 11.6 Å². The van der Waals surface area contributed by atoms with Crippen LogP contribution in [0.15, 0.2) is 24.3 Å². The molecule has 1 aromatic rings. The number of ether oxygens (including phenoxy) is 2. The van der Waals surface area contributed by atoms with E-state index in [1.54, 1.807) is 0 Å². The Kier molecular flexibility index (Phi) is 6.64. The molecule has 0 aromatic heterocycles. The van der Waals surface area contributed by atoms with Gasteiger partial charge in [0.05, 0.1) is 32.1 Å². The molecule has 3 rings (SSSR count). The highest BCUT2D eigenvalue weighted by molar-refractivity contribution is 5.91. The molecule has 0 N–H and O–H groups in total. The smallest absolute Gasteiger partial charge is 0.338 e. The standard InChI is InChI=1S/C20H31N3O3/c1-21(2)15-16-7-6-10-23(16)19(22-11-13-26-14-12-22)17-8-4-5-9-18(17)20(24)25-3/h4-5,8-9,16,19H,6-7,10-15H2,1-3H3. The SMILES string of the molecule is COC(=O)c1ccccc1C(N1CCOCC1)N1CCCC1CN(C)C. The molecule has 0 aliphatic carbocycles. The lowest BCUT2D eigenvalue weighted by Gasteiger charge is -2.43. The molecule has 0 saturated carbocycles. The average molecular weight is 361 g/mol. The molecular formula is C20H31N3O3. The second-order valence-electron chi connectivity index (χ2n) is 7.40. The quantitative estimate of drug-likeness (QED) is 0.721. The van der Waals surface area contributed by atoms with Gasteiger partial charge in [0.1, 0.15) is 0 Å². The van der Waals surface area contributed by atoms with Crippen LogP contribution in [0.3, 0.4) is 0 Å². The minimum Gasteiger partial charge on any atom is -0.465 e. The van der Waals surface area contributed by atoms with E-state index in [1.165, 1.54) is 20.0 Å². The average Bonchev–Trinajstić information content (AvgIpc) is 3.10. The van der Waals surface area contributed by atoms with Crippen molar-refractivity contribution in [2.45, 2.75) is 25.0 Å². The highest BCUT2D eigenvalue weighted by Gasteiger charge is 2.37. The van der Waals surface area contributed by atoms with Crippen molar-refractivity contribution in [3.05, 3.63) is 35.4 Å². The lowest BCUT2D eigenvalue weighted by atomic mass is 10.0. The van der Waals surface area contributed by atoms with E-state index in [4.69, 9.17) is 9.47 Å². The summed E-state index contributed by atoms with van der Waals surface area (Å²) in [7, 11) is 5.71. The molecule has 6 heteroatoms. The largest absolute Gasteiger partial charge is 0.465 e. The summed E-state index contributed by atoms with van der Waals surface area (Å²) in [4.78, 5) is 19.7. The number of carbonyl (C=O) groups is 1. The normalized spacial score (nSPS) is 23.3. The maximum Gasteiger partial charge on any atom is 0.338 e. The zero-order valence-electron chi connectivity index (χ0n) is 16.2. The van der Waals surface area contributed by atoms with Gasteiger partial charge in [-0.2, -0.15) is 0 Å². The summed E-state index contributed by atoms with van der Waals surface area (Å²) in [5.74, 6) is -0.262. The number of morpholine rings is 1. The van der Waals surface area contributed by atoms with Crippen LogP contribution in [0, 0.1) is 0 Å². The molecule has 2 aliphatic rings. The highest BCUT2D eigenvalue weighted by Crippen LogP contribution is 2.35. The minimum absolute atomic E-state index is 0.0849. The first-order valence-corrected chi connectivity index (χ1v) is 9.51. The highest BCUT2D eigenvalue weighted by atomic mass is 16.5. The van der Waals surface area contributed by atoms with E-state index >= 15 is 0 Å². The van der Waals surface area contributed by atoms with Crippen molar-refractivity contribution in [3.8, 4) is 0 Å². The van der Waals surface area contributed by atoms with Crippen LogP contribution in [0.5, 0.6) is 0 Å². The molecule has 2 fully saturated rings. The molecule has 0 amide bonds. The molecule has 2 aliphatic heterocycles. The van der Waals surface area contributed by atoms with Gasteiger partial charge in [-0.05, 0) is 38.6 Å². The molecule has 2 atom stereocenters. The van der Waals surface area contributed by atoms with Crippen LogP contribution in [0.1, 0.15) is 34.9 Å². The van der Waals surface area contributed by atoms with Crippen LogP contribution in [-0.2, 0) is 9.47 Å². The van der Waals surface area contributed by atoms with Crippen molar-refractivity contribution in [3.63, 3.8) is 0 Å². The van der Waals surface area contributed by atoms with Gasteiger partial charge < -0.3 is 14.4 Å². The lowest BCUT2D eigenvalue weighted by molar-refractivity contribution is -0.0419. The third-order valence-corrected chi connectivity index (χ3v) is 5.35. The molecule has 2 saturated heterocycles. The number of nitrogens with zero attached hydrogens (tertiary/aromatic N) is 3. The molecule has 0 spiro atoms. The van der Waals surface area contributed by atoms with Crippen molar-refractivity contribution in [1.29, 1.82) is 0 Å². The van der Waals surface area contributed by atoms with E-state index in [-0.39, 0.29) is 12.1 Å². The summed E-state index contributed by atoms with van der Waals surface area (Å²) in [6, 6.07) is 8.38. The van der Waals surface area contributed by atoms with E-state index in [1.807, 2.05) is 18.2 Å². The lowest BCUT2D eigenvalue weighted by Crippen LogP contribution is -2.50. The number of benzene rings is 1. The predicted molar refractivity (Wildman–Crippen MR) is 101 cm³/mol. The minimum atomic E-state index is -0.262. The Morgan fingerprint density at radius 3 is 2.69 bits per heavy atom. The van der Waals surface area contributed by atoms with Gasteiger partial charge in [0.2, 0.25) is 0 Å². The van der Waals surface area contributed by atoms with E-state index in [9.17, 15) is 4.79 Å². The number of methoxy groups -OCH3 is 1. The first kappa shape index (κ1) is 19.3. The number of rotatable bonds is 6. The summed E-state index contributed by atoms with van der Waals surface area (Å²) in [6.07, 6.45) is 2.47. The Bertz CT molecular complexity index is 602. The second kappa shape index (κ2) is 8.95. The summed E-state index contributed by atoms with van der Waals surface area (Å²) >= 11 is 0. The van der Waals surface area contributed by atoms with Gasteiger partial charge in [-0.25, -0.2) is 4.79 Å². The molecule has 2 heterocycles. The third kappa shape index (κ3) is 4.26. The van der Waals surface area contributed by atoms with Crippen LogP contribution in [0.4, 0.5) is 0 Å². The van der Waals surface area contributed by atoms with E-state index < -0.39 is 0 Å². The molecule has 2 unspecified atom stereocenters. The molecule has 0 radical (unpaired) electrons. The molecular weight excluding hydrogens is 330 g/mol. The summed E-state index contributed by atoms with van der Waals surface area (Å²) in [5, 5.41) is 0. The molecule has 6 nitrogen and oxygen atoms in total. The van der Waals surface area contributed by atoms with Crippen LogP contribution >= 0.6 is 0 Å². The van der Waals surface area contributed by atoms with Crippen molar-refractivity contribution in [2.24, 2.45) is 0 Å². The Morgan fingerprint density at radius 2 is 2.00 bits per heavy atom. The summed E-state index contributed by atoms with van der Waals surface area (Å²) < 4.78 is 10.6. The van der Waals surface area contributed by atoms with Gasteiger partial charge in [0, 0.05) is 32.2 Å². The molecule has 0 bridgehead atoms. The maximum atomic E-state index is 12.4. The van der Waals surface area contributed by atoms with E-state index in [0.717, 1.165) is 45.0 Å². The zero-order valence-corrected chi connectivity index (χ0v) is 16.2. The number of likely N-dealkylation sites (N-methyl/N-ethyl adjacent to an activating group) is 1. The number of likely N-dealkylation sites (tertiary alicyclic amines) is 1. The molecule has 26 heavy (non-hydrogen) atoms. The Balaban J connectivity index is 1.98. The fourth-order valence-electron chi connectivity index (χ4n) is 4.22. The van der Waals surface area contributed by atoms with Crippen molar-refractivity contribution in [1.82, 2.24) is 14.7 Å². The van der Waals surface area contributed by atoms with Gasteiger partial charge in [0.15, 0.2) is 0 Å². The fraction of sp³-hybridized carbons (Fsp3) is 0.650. The van der Waals surface area contributed by atoms with Gasteiger partial charge in [-0.1, -0.05) is 18.2 Å². The first-order chi connectivity index (χ1) is 12.6. The van der Waals surface area contributed by atoms with Gasteiger partial charge in [0.25, 0.3) is 0 Å². The number of hydrogen-bond donors (Lipinski definition) is 0. The Hall–Kier alpha value is -1.47. The predicted octanol–water partition coefficient (Wildman–Crippen LogP) is 1.83. The topological polar surface area (TPSA) is 45.2 Å². The summed E-state index contributed by atoms with van der Waals surface area (Å²) in [5.41, 5.74) is 1.72. The molecule has 1 aromatic carbocycles. The Labute approximate surface area is 156 Å². The van der Waals surface area contributed by atoms with Crippen molar-refractivity contribution in [2.75, 3.05) is 60.6 Å². The van der Waals surface area contributed by atoms with Crippen LogP contribution in [0.2, 0.25) is 0 Å². The zero-order chi connectivity index (χ0) is 18.5. The van der Waals surface area contributed by atoms with E-state index in [2.05, 4.69) is 34.9 Å². The molecule has 144 valence electrons. The van der Waals surface area contributed by atoms with Crippen molar-refractivity contribution < 1.29 is 14.3 Å². The number of esters is 1. The van der Waals surface area contributed by atoms with Crippen LogP contribution in [-0.4, -0.2) is 87.3 Å². The summed E-state index contributed by atoms with van der Waals surface area (Å²) in [6.45, 7) is 5.32. The number of hydrogen-bond acceptors (Lipinski definition) is 6. The van der Waals surface area contributed by atoms with Gasteiger partial charge in [-0.3, -0.25) is 9.80 Å². The first-order valence-electron chi connectivity index (χ1n) is 9.51. The monoisotopic (exact) mass is 361 g/mol. The Morgan fingerprint density at radius 1 is 1.27 bits per heavy atom.